The van der Waals surface area contributed by atoms with Crippen molar-refractivity contribution in [3.8, 4) is 0 Å². The van der Waals surface area contributed by atoms with Crippen LogP contribution in [-0.2, 0) is 19.1 Å². The number of hydrogen-bond acceptors (Lipinski definition) is 5. The molecule has 5 heteroatoms. The van der Waals surface area contributed by atoms with E-state index in [0.717, 1.165) is 44.9 Å². The summed E-state index contributed by atoms with van der Waals surface area (Å²) in [6, 6.07) is 0. The number of rotatable bonds is 63. The molecule has 1 atom stereocenters. The number of esters is 2. The molecule has 0 aliphatic heterocycles. The Kier molecular flexibility index (Phi) is 63.7. The summed E-state index contributed by atoms with van der Waals surface area (Å²) in [5.41, 5.74) is 0. The molecule has 0 fully saturated rings. The predicted octanol–water partition coefficient (Wildman–Crippen LogP) is 23.0. The van der Waals surface area contributed by atoms with Crippen LogP contribution in [0.5, 0.6) is 0 Å². The van der Waals surface area contributed by atoms with Gasteiger partial charge in [-0.3, -0.25) is 9.59 Å². The van der Waals surface area contributed by atoms with E-state index in [9.17, 15) is 14.7 Å². The molecule has 1 unspecified atom stereocenters. The van der Waals surface area contributed by atoms with Gasteiger partial charge in [0.1, 0.15) is 6.61 Å². The summed E-state index contributed by atoms with van der Waals surface area (Å²) < 4.78 is 10.8. The van der Waals surface area contributed by atoms with Crippen LogP contribution in [-0.4, -0.2) is 36.4 Å². The van der Waals surface area contributed by atoms with Crippen molar-refractivity contribution < 1.29 is 24.2 Å². The summed E-state index contributed by atoms with van der Waals surface area (Å²) in [5.74, 6) is -0.567. The van der Waals surface area contributed by atoms with Gasteiger partial charge in [-0.1, -0.05) is 326 Å². The second kappa shape index (κ2) is 65.4. The minimum Gasteiger partial charge on any atom is -0.462 e. The summed E-state index contributed by atoms with van der Waals surface area (Å²) in [6.07, 6.45) is 86.0. The first-order valence-electron chi connectivity index (χ1n) is 33.5. The van der Waals surface area contributed by atoms with E-state index in [1.165, 1.54) is 302 Å². The lowest BCUT2D eigenvalue weighted by molar-refractivity contribution is -0.161. The minimum atomic E-state index is -0.770. The summed E-state index contributed by atoms with van der Waals surface area (Å²) in [5, 5.41) is 9.69. The Balaban J connectivity index is 3.40. The molecule has 1 N–H and O–H groups in total. The molecule has 0 bridgehead atoms. The van der Waals surface area contributed by atoms with E-state index in [0.29, 0.717) is 12.8 Å². The number of carbonyl (C=O) groups excluding carboxylic acids is 2. The third-order valence-corrected chi connectivity index (χ3v) is 15.4. The van der Waals surface area contributed by atoms with Crippen LogP contribution in [0.1, 0.15) is 373 Å². The number of ether oxygens (including phenoxy) is 2. The third kappa shape index (κ3) is 62.7. The Morgan fingerprint density at radius 2 is 0.541 bits per heavy atom. The molecular weight excluding hydrogens is 909 g/mol. The molecule has 5 nitrogen and oxygen atoms in total. The Labute approximate surface area is 463 Å². The molecule has 0 rings (SSSR count). The Bertz CT molecular complexity index is 1170. The zero-order valence-corrected chi connectivity index (χ0v) is 50.1. The molecule has 0 aromatic carbocycles. The fourth-order valence-corrected chi connectivity index (χ4v) is 10.4. The van der Waals surface area contributed by atoms with Crippen LogP contribution >= 0.6 is 0 Å². The number of hydrogen-bond donors (Lipinski definition) is 1. The van der Waals surface area contributed by atoms with Crippen LogP contribution in [0, 0.1) is 0 Å². The van der Waals surface area contributed by atoms with E-state index in [4.69, 9.17) is 9.47 Å². The molecule has 0 radical (unpaired) electrons. The number of aliphatic hydroxyl groups is 1. The standard InChI is InChI=1S/C69H130O5/c1-3-5-7-9-11-13-15-17-19-21-23-25-27-29-31-32-33-34-35-36-38-40-42-44-46-48-50-52-54-56-58-60-62-64-69(72)74-67(65-70)66-73-68(71)63-61-59-57-55-53-51-49-47-45-43-41-39-37-30-28-26-24-22-20-18-16-14-12-10-8-6-4-2/h15,17,21-24,67,70H,3-14,16,18-20,25-66H2,1-2H3/b17-15-,23-21-,24-22-. The van der Waals surface area contributed by atoms with E-state index in [-0.39, 0.29) is 25.2 Å². The first-order valence-corrected chi connectivity index (χ1v) is 33.5. The highest BCUT2D eigenvalue weighted by atomic mass is 16.6. The molecule has 0 heterocycles. The van der Waals surface area contributed by atoms with E-state index < -0.39 is 6.10 Å². The average molecular weight is 1040 g/mol. The van der Waals surface area contributed by atoms with Crippen LogP contribution in [0.25, 0.3) is 0 Å². The van der Waals surface area contributed by atoms with Gasteiger partial charge >= 0.3 is 11.9 Å². The van der Waals surface area contributed by atoms with Crippen molar-refractivity contribution in [1.82, 2.24) is 0 Å². The molecule has 0 aliphatic rings. The van der Waals surface area contributed by atoms with E-state index in [1.807, 2.05) is 0 Å². The second-order valence-electron chi connectivity index (χ2n) is 22.9. The molecule has 436 valence electrons. The zero-order chi connectivity index (χ0) is 53.4. The number of aliphatic hydroxyl groups excluding tert-OH is 1. The van der Waals surface area contributed by atoms with Crippen molar-refractivity contribution in [2.24, 2.45) is 0 Å². The molecular formula is C69H130O5. The van der Waals surface area contributed by atoms with Crippen molar-refractivity contribution >= 4 is 11.9 Å². The van der Waals surface area contributed by atoms with Crippen LogP contribution in [0.4, 0.5) is 0 Å². The van der Waals surface area contributed by atoms with Crippen LogP contribution in [0.3, 0.4) is 0 Å². The van der Waals surface area contributed by atoms with Gasteiger partial charge in [-0.05, 0) is 70.6 Å². The predicted molar refractivity (Wildman–Crippen MR) is 325 cm³/mol. The smallest absolute Gasteiger partial charge is 0.306 e. The van der Waals surface area contributed by atoms with Gasteiger partial charge < -0.3 is 14.6 Å². The molecule has 0 aromatic rings. The number of unbranched alkanes of at least 4 members (excludes halogenated alkanes) is 49. The van der Waals surface area contributed by atoms with Crippen molar-refractivity contribution in [3.63, 3.8) is 0 Å². The summed E-state index contributed by atoms with van der Waals surface area (Å²) in [4.78, 5) is 24.6. The fourth-order valence-electron chi connectivity index (χ4n) is 10.4. The van der Waals surface area contributed by atoms with Gasteiger partial charge in [-0.15, -0.1) is 0 Å². The summed E-state index contributed by atoms with van der Waals surface area (Å²) in [6.45, 7) is 4.19. The highest BCUT2D eigenvalue weighted by Gasteiger charge is 2.16. The highest BCUT2D eigenvalue weighted by molar-refractivity contribution is 5.70. The molecule has 0 aliphatic carbocycles. The van der Waals surface area contributed by atoms with Gasteiger partial charge in [-0.25, -0.2) is 0 Å². The maximum Gasteiger partial charge on any atom is 0.306 e. The SMILES string of the molecule is CCCCCCC/C=C\C/C=C\CCCCCCCCCCCCCCCCCCCCCCCC(=O)OC(CO)COC(=O)CCCCCCCCCCCCCCCCC/C=C\CCCCCCCCCC. The largest absolute Gasteiger partial charge is 0.462 e. The van der Waals surface area contributed by atoms with E-state index >= 15 is 0 Å². The van der Waals surface area contributed by atoms with Crippen LogP contribution in [0.15, 0.2) is 36.5 Å². The Morgan fingerprint density at radius 1 is 0.311 bits per heavy atom. The van der Waals surface area contributed by atoms with Crippen LogP contribution in [0.2, 0.25) is 0 Å². The second-order valence-corrected chi connectivity index (χ2v) is 22.9. The fraction of sp³-hybridized carbons (Fsp3) is 0.884. The summed E-state index contributed by atoms with van der Waals surface area (Å²) >= 11 is 0. The van der Waals surface area contributed by atoms with Crippen molar-refractivity contribution in [1.29, 1.82) is 0 Å². The quantitative estimate of drug-likeness (QED) is 0.0373. The van der Waals surface area contributed by atoms with Gasteiger partial charge in [0.15, 0.2) is 6.10 Å². The monoisotopic (exact) mass is 1040 g/mol. The van der Waals surface area contributed by atoms with Gasteiger partial charge in [-0.2, -0.15) is 0 Å². The summed E-state index contributed by atoms with van der Waals surface area (Å²) in [7, 11) is 0. The topological polar surface area (TPSA) is 72.8 Å². The number of allylic oxidation sites excluding steroid dienone is 6. The van der Waals surface area contributed by atoms with Gasteiger partial charge in [0.05, 0.1) is 6.61 Å². The Morgan fingerprint density at radius 3 is 0.811 bits per heavy atom. The minimum absolute atomic E-state index is 0.0597. The lowest BCUT2D eigenvalue weighted by Gasteiger charge is -2.15. The van der Waals surface area contributed by atoms with E-state index in [2.05, 4.69) is 50.3 Å². The maximum absolute atomic E-state index is 12.4. The normalized spacial score (nSPS) is 12.3. The average Bonchev–Trinajstić information content (AvgIpc) is 3.40. The highest BCUT2D eigenvalue weighted by Crippen LogP contribution is 2.18. The lowest BCUT2D eigenvalue weighted by atomic mass is 10.0. The van der Waals surface area contributed by atoms with Crippen molar-refractivity contribution in [3.05, 3.63) is 36.5 Å². The lowest BCUT2D eigenvalue weighted by Crippen LogP contribution is -2.28. The van der Waals surface area contributed by atoms with Crippen molar-refractivity contribution in [2.75, 3.05) is 13.2 Å². The zero-order valence-electron chi connectivity index (χ0n) is 50.1. The third-order valence-electron chi connectivity index (χ3n) is 15.4. The van der Waals surface area contributed by atoms with E-state index in [1.54, 1.807) is 0 Å². The van der Waals surface area contributed by atoms with Gasteiger partial charge in [0.2, 0.25) is 0 Å². The maximum atomic E-state index is 12.4. The van der Waals surface area contributed by atoms with Crippen LogP contribution < -0.4 is 0 Å². The van der Waals surface area contributed by atoms with Gasteiger partial charge in [0, 0.05) is 12.8 Å². The van der Waals surface area contributed by atoms with Crippen molar-refractivity contribution in [2.45, 2.75) is 380 Å². The number of carbonyl (C=O) groups is 2. The molecule has 0 saturated heterocycles. The molecule has 0 aromatic heterocycles. The first kappa shape index (κ1) is 72.1. The molecule has 0 amide bonds. The molecule has 0 spiro atoms. The molecule has 0 saturated carbocycles. The Hall–Kier alpha value is -1.88. The molecule has 74 heavy (non-hydrogen) atoms. The van der Waals surface area contributed by atoms with Gasteiger partial charge in [0.25, 0.3) is 0 Å². The first-order chi connectivity index (χ1) is 36.6.